The summed E-state index contributed by atoms with van der Waals surface area (Å²) in [5.74, 6) is -2.17. The monoisotopic (exact) mass is 415 g/mol. The third-order valence-corrected chi connectivity index (χ3v) is 6.19. The number of alkyl halides is 2. The number of rotatable bonds is 5. The summed E-state index contributed by atoms with van der Waals surface area (Å²) in [6.45, 7) is 1.89. The van der Waals surface area contributed by atoms with Crippen LogP contribution in [0.3, 0.4) is 0 Å². The lowest BCUT2D eigenvalue weighted by Gasteiger charge is -2.22. The lowest BCUT2D eigenvalue weighted by Crippen LogP contribution is -2.44. The number of hydrogen-bond acceptors (Lipinski definition) is 6. The zero-order chi connectivity index (χ0) is 18.7. The molecule has 26 heavy (non-hydrogen) atoms. The Labute approximate surface area is 161 Å². The smallest absolute Gasteiger partial charge is 0.288 e. The first kappa shape index (κ1) is 19.1. The number of thioether (sulfide) groups is 2. The molecule has 1 aliphatic rings. The first-order valence-electron chi connectivity index (χ1n) is 7.61. The predicted octanol–water partition coefficient (Wildman–Crippen LogP) is 3.92. The van der Waals surface area contributed by atoms with Gasteiger partial charge in [0.1, 0.15) is 6.04 Å². The van der Waals surface area contributed by atoms with E-state index in [-0.39, 0.29) is 11.8 Å². The molecule has 1 fully saturated rings. The van der Waals surface area contributed by atoms with Gasteiger partial charge < -0.3 is 10.2 Å². The molecule has 1 unspecified atom stereocenters. The molecule has 1 aromatic carbocycles. The maximum Gasteiger partial charge on any atom is 0.288 e. The van der Waals surface area contributed by atoms with Crippen molar-refractivity contribution in [2.45, 2.75) is 23.6 Å². The summed E-state index contributed by atoms with van der Waals surface area (Å²) < 4.78 is 24.8. The fraction of sp³-hybridized carbons (Fsp3) is 0.312. The molecule has 2 aromatic rings. The van der Waals surface area contributed by atoms with Crippen LogP contribution in [0.2, 0.25) is 0 Å². The molecule has 1 saturated heterocycles. The van der Waals surface area contributed by atoms with Gasteiger partial charge in [0.15, 0.2) is 5.13 Å². The van der Waals surface area contributed by atoms with E-state index in [9.17, 15) is 18.4 Å². The number of nitrogens with zero attached hydrogens (tertiary/aromatic N) is 2. The molecule has 2 heterocycles. The Morgan fingerprint density at radius 1 is 1.35 bits per heavy atom. The third-order valence-electron chi connectivity index (χ3n) is 3.62. The minimum Gasteiger partial charge on any atom is -0.316 e. The van der Waals surface area contributed by atoms with Gasteiger partial charge in [0, 0.05) is 27.3 Å². The van der Waals surface area contributed by atoms with Crippen LogP contribution in [-0.2, 0) is 4.79 Å². The number of amides is 2. The average molecular weight is 416 g/mol. The summed E-state index contributed by atoms with van der Waals surface area (Å²) in [5.41, 5.74) is 0.369. The van der Waals surface area contributed by atoms with Gasteiger partial charge in [0.25, 0.3) is 11.7 Å². The standard InChI is InChI=1S/C16H15F2N3O2S3/c1-9-6-19-16(25-9)20-13(22)12-7-24-8-21(12)14(23)10-2-4-11(5-3-10)26-15(17)18/h2-6,12,15H,7-8H2,1H3,(H,19,20,22). The molecular weight excluding hydrogens is 400 g/mol. The van der Waals surface area contributed by atoms with Crippen LogP contribution < -0.4 is 5.32 Å². The topological polar surface area (TPSA) is 62.3 Å². The highest BCUT2D eigenvalue weighted by molar-refractivity contribution is 7.99. The number of benzene rings is 1. The van der Waals surface area contributed by atoms with Crippen molar-refractivity contribution >= 4 is 51.8 Å². The van der Waals surface area contributed by atoms with E-state index in [0.29, 0.717) is 39.0 Å². The zero-order valence-corrected chi connectivity index (χ0v) is 16.1. The van der Waals surface area contributed by atoms with Gasteiger partial charge in [-0.3, -0.25) is 9.59 Å². The van der Waals surface area contributed by atoms with Crippen LogP contribution in [0.1, 0.15) is 15.2 Å². The largest absolute Gasteiger partial charge is 0.316 e. The van der Waals surface area contributed by atoms with Crippen LogP contribution in [-0.4, -0.2) is 45.1 Å². The van der Waals surface area contributed by atoms with E-state index in [2.05, 4.69) is 10.3 Å². The number of nitrogens with one attached hydrogen (secondary N) is 1. The first-order chi connectivity index (χ1) is 12.4. The van der Waals surface area contributed by atoms with Gasteiger partial charge in [-0.15, -0.1) is 23.1 Å². The Kier molecular flexibility index (Phi) is 6.15. The van der Waals surface area contributed by atoms with Crippen molar-refractivity contribution in [3.8, 4) is 0 Å². The quantitative estimate of drug-likeness (QED) is 0.750. The van der Waals surface area contributed by atoms with E-state index in [1.54, 1.807) is 6.20 Å². The summed E-state index contributed by atoms with van der Waals surface area (Å²) in [5, 5.41) is 3.25. The van der Waals surface area contributed by atoms with E-state index in [1.807, 2.05) is 6.92 Å². The second-order valence-electron chi connectivity index (χ2n) is 5.46. The molecule has 5 nitrogen and oxygen atoms in total. The second-order valence-corrected chi connectivity index (χ2v) is 8.76. The number of carbonyl (C=O) groups excluding carboxylic acids is 2. The molecular formula is C16H15F2N3O2S3. The minimum absolute atomic E-state index is 0.275. The van der Waals surface area contributed by atoms with Crippen LogP contribution in [0, 0.1) is 6.92 Å². The van der Waals surface area contributed by atoms with Gasteiger partial charge >= 0.3 is 0 Å². The molecule has 0 aliphatic carbocycles. The van der Waals surface area contributed by atoms with Gasteiger partial charge in [0.2, 0.25) is 5.91 Å². The number of aryl methyl sites for hydroxylation is 1. The molecule has 1 N–H and O–H groups in total. The Morgan fingerprint density at radius 2 is 2.08 bits per heavy atom. The van der Waals surface area contributed by atoms with E-state index < -0.39 is 11.8 Å². The van der Waals surface area contributed by atoms with Crippen molar-refractivity contribution < 1.29 is 18.4 Å². The molecule has 0 radical (unpaired) electrons. The van der Waals surface area contributed by atoms with Crippen LogP contribution >= 0.6 is 34.9 Å². The molecule has 1 aliphatic heterocycles. The second kappa shape index (κ2) is 8.36. The third kappa shape index (κ3) is 4.54. The number of halogens is 2. The number of anilines is 1. The molecule has 0 bridgehead atoms. The molecule has 2 amide bonds. The van der Waals surface area contributed by atoms with Crippen molar-refractivity contribution in [1.82, 2.24) is 9.88 Å². The first-order valence-corrected chi connectivity index (χ1v) is 10.5. The summed E-state index contributed by atoms with van der Waals surface area (Å²) >= 11 is 3.29. The number of thiazole rings is 1. The van der Waals surface area contributed by atoms with Crippen molar-refractivity contribution in [2.24, 2.45) is 0 Å². The highest BCUT2D eigenvalue weighted by Crippen LogP contribution is 2.28. The van der Waals surface area contributed by atoms with Crippen molar-refractivity contribution in [3.63, 3.8) is 0 Å². The summed E-state index contributed by atoms with van der Waals surface area (Å²) in [4.78, 5) is 32.2. The van der Waals surface area contributed by atoms with E-state index in [0.717, 1.165) is 4.88 Å². The molecule has 0 saturated carbocycles. The van der Waals surface area contributed by atoms with E-state index in [4.69, 9.17) is 0 Å². The predicted molar refractivity (Wildman–Crippen MR) is 101 cm³/mol. The van der Waals surface area contributed by atoms with Gasteiger partial charge in [-0.25, -0.2) is 4.98 Å². The SMILES string of the molecule is Cc1cnc(NC(=O)C2CSCN2C(=O)c2ccc(SC(F)F)cc2)s1. The number of hydrogen-bond donors (Lipinski definition) is 1. The van der Waals surface area contributed by atoms with Gasteiger partial charge in [-0.2, -0.15) is 8.78 Å². The van der Waals surface area contributed by atoms with Gasteiger partial charge in [0.05, 0.1) is 5.88 Å². The van der Waals surface area contributed by atoms with Crippen LogP contribution in [0.25, 0.3) is 0 Å². The van der Waals surface area contributed by atoms with Gasteiger partial charge in [-0.05, 0) is 31.2 Å². The maximum absolute atomic E-state index is 12.7. The normalized spacial score (nSPS) is 16.9. The molecule has 138 valence electrons. The Bertz CT molecular complexity index is 798. The summed E-state index contributed by atoms with van der Waals surface area (Å²) in [6, 6.07) is 5.40. The average Bonchev–Trinajstić information content (AvgIpc) is 3.23. The number of aromatic nitrogens is 1. The van der Waals surface area contributed by atoms with Crippen molar-refractivity contribution in [2.75, 3.05) is 16.9 Å². The summed E-state index contributed by atoms with van der Waals surface area (Å²) in [6.07, 6.45) is 1.67. The van der Waals surface area contributed by atoms with Crippen molar-refractivity contribution in [3.05, 3.63) is 40.9 Å². The summed E-state index contributed by atoms with van der Waals surface area (Å²) in [7, 11) is 0. The van der Waals surface area contributed by atoms with Crippen LogP contribution in [0.4, 0.5) is 13.9 Å². The van der Waals surface area contributed by atoms with Gasteiger partial charge in [-0.1, -0.05) is 11.8 Å². The Hall–Kier alpha value is -1.65. The molecule has 10 heteroatoms. The molecule has 0 spiro atoms. The molecule has 3 rings (SSSR count). The Balaban J connectivity index is 1.68. The lowest BCUT2D eigenvalue weighted by atomic mass is 10.1. The molecule has 1 atom stereocenters. The van der Waals surface area contributed by atoms with Crippen molar-refractivity contribution in [1.29, 1.82) is 0 Å². The number of carbonyl (C=O) groups is 2. The Morgan fingerprint density at radius 3 is 2.69 bits per heavy atom. The highest BCUT2D eigenvalue weighted by Gasteiger charge is 2.35. The van der Waals surface area contributed by atoms with E-state index in [1.165, 1.54) is 52.3 Å². The zero-order valence-electron chi connectivity index (χ0n) is 13.6. The van der Waals surface area contributed by atoms with Crippen LogP contribution in [0.15, 0.2) is 35.4 Å². The molecule has 1 aromatic heterocycles. The fourth-order valence-electron chi connectivity index (χ4n) is 2.41. The lowest BCUT2D eigenvalue weighted by molar-refractivity contribution is -0.119. The maximum atomic E-state index is 12.7. The van der Waals surface area contributed by atoms with Crippen LogP contribution in [0.5, 0.6) is 0 Å². The van der Waals surface area contributed by atoms with E-state index >= 15 is 0 Å². The highest BCUT2D eigenvalue weighted by atomic mass is 32.2. The fourth-order valence-corrected chi connectivity index (χ4v) is 4.73. The minimum atomic E-state index is -2.51.